The van der Waals surface area contributed by atoms with Gasteiger partial charge < -0.3 is 5.73 Å². The SMILES string of the molecule is Cc1cc(CCC(CN)c2ccccc2)n(C)n1. The Bertz CT molecular complexity index is 488. The van der Waals surface area contributed by atoms with Gasteiger partial charge in [0.15, 0.2) is 0 Å². The number of hydrogen-bond donors (Lipinski definition) is 1. The maximum atomic E-state index is 5.89. The predicted octanol–water partition coefficient (Wildman–Crippen LogP) is 2.40. The molecule has 96 valence electrons. The van der Waals surface area contributed by atoms with Gasteiger partial charge in [0.05, 0.1) is 5.69 Å². The summed E-state index contributed by atoms with van der Waals surface area (Å²) >= 11 is 0. The lowest BCUT2D eigenvalue weighted by Crippen LogP contribution is -2.14. The van der Waals surface area contributed by atoms with Gasteiger partial charge in [-0.1, -0.05) is 30.3 Å². The van der Waals surface area contributed by atoms with E-state index < -0.39 is 0 Å². The highest BCUT2D eigenvalue weighted by Gasteiger charge is 2.11. The molecule has 2 N–H and O–H groups in total. The summed E-state index contributed by atoms with van der Waals surface area (Å²) < 4.78 is 1.97. The Labute approximate surface area is 109 Å². The van der Waals surface area contributed by atoms with Crippen molar-refractivity contribution in [2.24, 2.45) is 12.8 Å². The summed E-state index contributed by atoms with van der Waals surface area (Å²) in [6.45, 7) is 2.72. The van der Waals surface area contributed by atoms with Crippen LogP contribution in [0.15, 0.2) is 36.4 Å². The van der Waals surface area contributed by atoms with Crippen LogP contribution in [-0.2, 0) is 13.5 Å². The van der Waals surface area contributed by atoms with Crippen LogP contribution in [0.4, 0.5) is 0 Å². The van der Waals surface area contributed by atoms with Gasteiger partial charge in [-0.05, 0) is 43.9 Å². The molecule has 0 spiro atoms. The molecule has 18 heavy (non-hydrogen) atoms. The lowest BCUT2D eigenvalue weighted by Gasteiger charge is -2.15. The molecule has 0 saturated heterocycles. The van der Waals surface area contributed by atoms with Crippen molar-refractivity contribution in [3.05, 3.63) is 53.3 Å². The highest BCUT2D eigenvalue weighted by molar-refractivity contribution is 5.20. The van der Waals surface area contributed by atoms with Gasteiger partial charge in [-0.3, -0.25) is 4.68 Å². The van der Waals surface area contributed by atoms with Crippen molar-refractivity contribution < 1.29 is 0 Å². The Balaban J connectivity index is 2.02. The normalized spacial score (nSPS) is 12.6. The molecular weight excluding hydrogens is 222 g/mol. The molecule has 0 radical (unpaired) electrons. The average molecular weight is 243 g/mol. The summed E-state index contributed by atoms with van der Waals surface area (Å²) in [5, 5.41) is 4.37. The van der Waals surface area contributed by atoms with Gasteiger partial charge in [0, 0.05) is 12.7 Å². The summed E-state index contributed by atoms with van der Waals surface area (Å²) in [4.78, 5) is 0. The monoisotopic (exact) mass is 243 g/mol. The second-order valence-electron chi connectivity index (χ2n) is 4.78. The Morgan fingerprint density at radius 1 is 1.28 bits per heavy atom. The molecule has 0 saturated carbocycles. The van der Waals surface area contributed by atoms with E-state index in [1.54, 1.807) is 0 Å². The minimum Gasteiger partial charge on any atom is -0.330 e. The number of rotatable bonds is 5. The molecule has 0 aliphatic heterocycles. The molecule has 0 aliphatic rings. The second kappa shape index (κ2) is 5.83. The minimum absolute atomic E-state index is 0.432. The molecule has 0 bridgehead atoms. The lowest BCUT2D eigenvalue weighted by molar-refractivity contribution is 0.602. The standard InChI is InChI=1S/C15H21N3/c1-12-10-15(18(2)17-12)9-8-14(11-16)13-6-4-3-5-7-13/h3-7,10,14H,8-9,11,16H2,1-2H3. The van der Waals surface area contributed by atoms with Crippen LogP contribution in [0.3, 0.4) is 0 Å². The van der Waals surface area contributed by atoms with Crippen LogP contribution in [0, 0.1) is 6.92 Å². The van der Waals surface area contributed by atoms with E-state index in [2.05, 4.69) is 35.4 Å². The Hall–Kier alpha value is -1.61. The zero-order chi connectivity index (χ0) is 13.0. The van der Waals surface area contributed by atoms with Gasteiger partial charge in [0.2, 0.25) is 0 Å². The molecule has 2 aromatic rings. The molecule has 3 heteroatoms. The topological polar surface area (TPSA) is 43.8 Å². The number of benzene rings is 1. The van der Waals surface area contributed by atoms with E-state index in [4.69, 9.17) is 5.73 Å². The van der Waals surface area contributed by atoms with Crippen LogP contribution in [0.25, 0.3) is 0 Å². The van der Waals surface area contributed by atoms with Crippen molar-refractivity contribution in [2.45, 2.75) is 25.7 Å². The lowest BCUT2D eigenvalue weighted by atomic mass is 9.93. The summed E-state index contributed by atoms with van der Waals surface area (Å²) in [5.41, 5.74) is 9.58. The van der Waals surface area contributed by atoms with E-state index in [9.17, 15) is 0 Å². The van der Waals surface area contributed by atoms with Crippen LogP contribution in [0.1, 0.15) is 29.3 Å². The molecule has 1 aromatic heterocycles. The van der Waals surface area contributed by atoms with Crippen molar-refractivity contribution in [3.8, 4) is 0 Å². The Morgan fingerprint density at radius 3 is 2.56 bits per heavy atom. The number of nitrogens with zero attached hydrogens (tertiary/aromatic N) is 2. The van der Waals surface area contributed by atoms with Crippen molar-refractivity contribution in [1.82, 2.24) is 9.78 Å². The van der Waals surface area contributed by atoms with Crippen molar-refractivity contribution in [2.75, 3.05) is 6.54 Å². The zero-order valence-electron chi connectivity index (χ0n) is 11.1. The summed E-state index contributed by atoms with van der Waals surface area (Å²) in [6.07, 6.45) is 2.09. The first-order valence-corrected chi connectivity index (χ1v) is 6.45. The molecule has 0 aliphatic carbocycles. The van der Waals surface area contributed by atoms with E-state index in [0.717, 1.165) is 18.5 Å². The maximum absolute atomic E-state index is 5.89. The molecule has 2 rings (SSSR count). The average Bonchev–Trinajstić information content (AvgIpc) is 2.70. The predicted molar refractivity (Wildman–Crippen MR) is 74.5 cm³/mol. The van der Waals surface area contributed by atoms with E-state index in [0.29, 0.717) is 12.5 Å². The third-order valence-corrected chi connectivity index (χ3v) is 3.40. The van der Waals surface area contributed by atoms with Crippen LogP contribution < -0.4 is 5.73 Å². The third-order valence-electron chi connectivity index (χ3n) is 3.40. The quantitative estimate of drug-likeness (QED) is 0.876. The van der Waals surface area contributed by atoms with Crippen LogP contribution >= 0.6 is 0 Å². The molecule has 1 heterocycles. The fraction of sp³-hybridized carbons (Fsp3) is 0.400. The summed E-state index contributed by atoms with van der Waals surface area (Å²) in [7, 11) is 2.00. The number of aromatic nitrogens is 2. The van der Waals surface area contributed by atoms with Crippen LogP contribution in [0.2, 0.25) is 0 Å². The Morgan fingerprint density at radius 2 is 2.00 bits per heavy atom. The summed E-state index contributed by atoms with van der Waals surface area (Å²) in [5.74, 6) is 0.432. The van der Waals surface area contributed by atoms with Gasteiger partial charge >= 0.3 is 0 Å². The first-order valence-electron chi connectivity index (χ1n) is 6.45. The Kier molecular flexibility index (Phi) is 4.15. The molecule has 1 aromatic carbocycles. The fourth-order valence-electron chi connectivity index (χ4n) is 2.37. The van der Waals surface area contributed by atoms with E-state index >= 15 is 0 Å². The molecule has 3 nitrogen and oxygen atoms in total. The highest BCUT2D eigenvalue weighted by atomic mass is 15.3. The molecule has 1 atom stereocenters. The van der Waals surface area contributed by atoms with Gasteiger partial charge in [-0.25, -0.2) is 0 Å². The van der Waals surface area contributed by atoms with Crippen molar-refractivity contribution in [3.63, 3.8) is 0 Å². The molecule has 0 amide bonds. The largest absolute Gasteiger partial charge is 0.330 e. The van der Waals surface area contributed by atoms with Gasteiger partial charge in [-0.2, -0.15) is 5.10 Å². The van der Waals surface area contributed by atoms with E-state index in [1.807, 2.05) is 24.7 Å². The van der Waals surface area contributed by atoms with Crippen LogP contribution in [-0.4, -0.2) is 16.3 Å². The fourth-order valence-corrected chi connectivity index (χ4v) is 2.37. The molecule has 0 fully saturated rings. The van der Waals surface area contributed by atoms with Crippen molar-refractivity contribution in [1.29, 1.82) is 0 Å². The smallest absolute Gasteiger partial charge is 0.0596 e. The highest BCUT2D eigenvalue weighted by Crippen LogP contribution is 2.20. The second-order valence-corrected chi connectivity index (χ2v) is 4.78. The zero-order valence-corrected chi connectivity index (χ0v) is 11.1. The number of nitrogens with two attached hydrogens (primary N) is 1. The first kappa shape index (κ1) is 12.8. The van der Waals surface area contributed by atoms with Gasteiger partial charge in [0.1, 0.15) is 0 Å². The van der Waals surface area contributed by atoms with Gasteiger partial charge in [-0.15, -0.1) is 0 Å². The van der Waals surface area contributed by atoms with Gasteiger partial charge in [0.25, 0.3) is 0 Å². The number of aryl methyl sites for hydroxylation is 3. The first-order chi connectivity index (χ1) is 8.70. The van der Waals surface area contributed by atoms with Crippen LogP contribution in [0.5, 0.6) is 0 Å². The maximum Gasteiger partial charge on any atom is 0.0596 e. The molecule has 1 unspecified atom stereocenters. The van der Waals surface area contributed by atoms with E-state index in [1.165, 1.54) is 11.3 Å². The van der Waals surface area contributed by atoms with Crippen molar-refractivity contribution >= 4 is 0 Å². The third kappa shape index (κ3) is 2.99. The number of hydrogen-bond acceptors (Lipinski definition) is 2. The molecular formula is C15H21N3. The van der Waals surface area contributed by atoms with E-state index in [-0.39, 0.29) is 0 Å². The minimum atomic E-state index is 0.432. The summed E-state index contributed by atoms with van der Waals surface area (Å²) in [6, 6.07) is 12.7.